The molecule has 0 aliphatic carbocycles. The Balaban J connectivity index is 0.953. The lowest BCUT2D eigenvalue weighted by molar-refractivity contribution is -0.852. The Morgan fingerprint density at radius 3 is 2.70 bits per heavy atom. The first-order valence-corrected chi connectivity index (χ1v) is 19.7. The molecule has 0 radical (unpaired) electrons. The van der Waals surface area contributed by atoms with Crippen LogP contribution in [0.4, 0.5) is 11.6 Å². The third kappa shape index (κ3) is 6.74. The van der Waals surface area contributed by atoms with E-state index in [0.29, 0.717) is 79.6 Å². The van der Waals surface area contributed by atoms with E-state index < -0.39 is 29.2 Å². The van der Waals surface area contributed by atoms with Gasteiger partial charge in [-0.1, -0.05) is 0 Å². The Labute approximate surface area is 329 Å². The largest absolute Gasteiger partial charge is 0.507 e. The SMILES string of the molecule is CNCC1CCC2(OC2CCc2cc(N)nc(-c3cc(N)nc(C[NH+]4C=C5N=CC=C5C4)c3)c2)C(=O)OC2C(C1)c1c(cc3oc(C)cc(=O)c3c1O)OC2(C)C. The minimum absolute atomic E-state index is 0.0871. The molecule has 57 heavy (non-hydrogen) atoms. The molecular weight excluding hydrogens is 727 g/mol. The number of phenolic OH excluding ortho intramolecular Hbond substituents is 1. The van der Waals surface area contributed by atoms with Crippen molar-refractivity contribution in [3.63, 3.8) is 0 Å². The number of nitrogens with two attached hydrogens (primary N) is 2. The second-order valence-electron chi connectivity index (χ2n) is 16.7. The van der Waals surface area contributed by atoms with Crippen LogP contribution in [-0.4, -0.2) is 70.8 Å². The number of quaternary nitrogens is 1. The number of hydrogen-bond donors (Lipinski definition) is 5. The van der Waals surface area contributed by atoms with Gasteiger partial charge in [0.25, 0.3) is 0 Å². The first-order chi connectivity index (χ1) is 27.3. The van der Waals surface area contributed by atoms with Crippen molar-refractivity contribution < 1.29 is 33.4 Å². The number of nitrogens with zero attached hydrogens (tertiary/aromatic N) is 3. The van der Waals surface area contributed by atoms with Gasteiger partial charge in [-0.15, -0.1) is 0 Å². The highest BCUT2D eigenvalue weighted by Gasteiger charge is 2.65. The molecule has 2 saturated heterocycles. The number of benzene rings is 1. The van der Waals surface area contributed by atoms with Crippen LogP contribution in [0, 0.1) is 12.8 Å². The fourth-order valence-corrected chi connectivity index (χ4v) is 9.44. The van der Waals surface area contributed by atoms with Gasteiger partial charge in [0.1, 0.15) is 76.6 Å². The first-order valence-electron chi connectivity index (χ1n) is 19.7. The second kappa shape index (κ2) is 13.8. The van der Waals surface area contributed by atoms with E-state index in [0.717, 1.165) is 29.1 Å². The van der Waals surface area contributed by atoms with Gasteiger partial charge >= 0.3 is 5.97 Å². The molecule has 296 valence electrons. The minimum atomic E-state index is -1.12. The van der Waals surface area contributed by atoms with Gasteiger partial charge < -0.3 is 40.5 Å². The summed E-state index contributed by atoms with van der Waals surface area (Å²) in [6.07, 6.45) is 7.74. The average Bonchev–Trinajstić information content (AvgIpc) is 3.44. The molecule has 0 amide bonds. The maximum atomic E-state index is 14.4. The summed E-state index contributed by atoms with van der Waals surface area (Å²) in [5, 5.41) is 15.1. The number of carbonyl (C=O) groups excluding carboxylic acids is 1. The number of nitrogen functional groups attached to an aromatic ring is 2. The smallest absolute Gasteiger partial charge is 0.341 e. The fraction of sp³-hybridized carbons (Fsp3) is 0.419. The van der Waals surface area contributed by atoms with Crippen molar-refractivity contribution in [1.29, 1.82) is 0 Å². The van der Waals surface area contributed by atoms with Crippen LogP contribution in [0.15, 0.2) is 74.1 Å². The quantitative estimate of drug-likeness (QED) is 0.129. The number of allylic oxidation sites excluding steroid dienone is 1. The predicted molar refractivity (Wildman–Crippen MR) is 214 cm³/mol. The van der Waals surface area contributed by atoms with Crippen molar-refractivity contribution >= 4 is 34.8 Å². The molecular formula is C43H48N7O7+. The van der Waals surface area contributed by atoms with Crippen molar-refractivity contribution in [2.75, 3.05) is 31.6 Å². The number of rotatable bonds is 8. The summed E-state index contributed by atoms with van der Waals surface area (Å²) in [4.78, 5) is 42.4. The molecule has 0 saturated carbocycles. The molecule has 6 atom stereocenters. The van der Waals surface area contributed by atoms with Crippen LogP contribution in [0.25, 0.3) is 22.2 Å². The normalized spacial score (nSPS) is 27.0. The highest BCUT2D eigenvalue weighted by molar-refractivity contribution is 5.88. The van der Waals surface area contributed by atoms with Gasteiger partial charge in [-0.2, -0.15) is 0 Å². The Kier molecular flexibility index (Phi) is 8.98. The molecule has 4 aromatic rings. The van der Waals surface area contributed by atoms with E-state index in [2.05, 4.69) is 26.5 Å². The lowest BCUT2D eigenvalue weighted by Crippen LogP contribution is -3.04. The fourth-order valence-electron chi connectivity index (χ4n) is 9.44. The van der Waals surface area contributed by atoms with E-state index in [-0.39, 0.29) is 34.2 Å². The minimum Gasteiger partial charge on any atom is -0.507 e. The molecule has 14 heteroatoms. The number of fused-ring (bicyclic) bond motifs is 5. The number of aliphatic imine (C=N–C) groups is 1. The highest BCUT2D eigenvalue weighted by atomic mass is 16.7. The number of pyridine rings is 2. The zero-order valence-corrected chi connectivity index (χ0v) is 32.6. The van der Waals surface area contributed by atoms with E-state index in [1.54, 1.807) is 13.0 Å². The van der Waals surface area contributed by atoms with Crippen LogP contribution in [0.1, 0.15) is 68.0 Å². The van der Waals surface area contributed by atoms with Crippen LogP contribution in [-0.2, 0) is 27.2 Å². The summed E-state index contributed by atoms with van der Waals surface area (Å²) in [6, 6.07) is 10.7. The zero-order valence-electron chi connectivity index (χ0n) is 32.6. The number of aromatic hydroxyl groups is 1. The van der Waals surface area contributed by atoms with Gasteiger partial charge in [-0.25, -0.2) is 14.8 Å². The van der Waals surface area contributed by atoms with Crippen LogP contribution in [0.5, 0.6) is 11.5 Å². The van der Waals surface area contributed by atoms with Gasteiger partial charge in [-0.3, -0.25) is 14.7 Å². The molecule has 6 unspecified atom stereocenters. The van der Waals surface area contributed by atoms with E-state index in [9.17, 15) is 14.7 Å². The van der Waals surface area contributed by atoms with Crippen LogP contribution in [0.3, 0.4) is 0 Å². The molecule has 9 rings (SSSR count). The van der Waals surface area contributed by atoms with Crippen molar-refractivity contribution in [3.05, 3.63) is 92.7 Å². The van der Waals surface area contributed by atoms with Gasteiger partial charge in [0.05, 0.1) is 17.5 Å². The lowest BCUT2D eigenvalue weighted by atomic mass is 9.75. The van der Waals surface area contributed by atoms with Gasteiger partial charge in [0.2, 0.25) is 0 Å². The number of carbonyl (C=O) groups is 1. The summed E-state index contributed by atoms with van der Waals surface area (Å²) < 4.78 is 25.1. The maximum absolute atomic E-state index is 14.4. The molecule has 2 fully saturated rings. The average molecular weight is 775 g/mol. The van der Waals surface area contributed by atoms with E-state index in [1.165, 1.54) is 16.5 Å². The van der Waals surface area contributed by atoms with Crippen molar-refractivity contribution in [3.8, 4) is 22.8 Å². The number of phenols is 1. The zero-order chi connectivity index (χ0) is 39.8. The Morgan fingerprint density at radius 1 is 1.07 bits per heavy atom. The third-order valence-corrected chi connectivity index (χ3v) is 12.1. The number of hydrogen-bond acceptors (Lipinski definition) is 13. The summed E-state index contributed by atoms with van der Waals surface area (Å²) in [7, 11) is 1.90. The number of nitrogens with one attached hydrogen (secondary N) is 2. The monoisotopic (exact) mass is 774 g/mol. The summed E-state index contributed by atoms with van der Waals surface area (Å²) in [5.41, 5.74) is 16.5. The molecule has 14 nitrogen and oxygen atoms in total. The van der Waals surface area contributed by atoms with Crippen molar-refractivity contribution in [2.24, 2.45) is 10.9 Å². The van der Waals surface area contributed by atoms with Crippen molar-refractivity contribution in [1.82, 2.24) is 15.3 Å². The molecule has 7 N–H and O–H groups in total. The Hall–Kier alpha value is -5.57. The molecule has 5 aliphatic rings. The van der Waals surface area contributed by atoms with Gasteiger partial charge in [0, 0.05) is 41.0 Å². The lowest BCUT2D eigenvalue weighted by Gasteiger charge is -2.45. The maximum Gasteiger partial charge on any atom is 0.341 e. The second-order valence-corrected chi connectivity index (χ2v) is 16.7. The van der Waals surface area contributed by atoms with Gasteiger partial charge in [0.15, 0.2) is 11.0 Å². The number of aromatic nitrogens is 2. The molecule has 1 aromatic carbocycles. The van der Waals surface area contributed by atoms with Crippen LogP contribution in [0.2, 0.25) is 0 Å². The molecule has 1 spiro atoms. The van der Waals surface area contributed by atoms with Crippen molar-refractivity contribution in [2.45, 2.75) is 88.7 Å². The number of aryl methyl sites for hydroxylation is 2. The first kappa shape index (κ1) is 37.0. The highest BCUT2D eigenvalue weighted by Crippen LogP contribution is 2.54. The Morgan fingerprint density at radius 2 is 1.89 bits per heavy atom. The van der Waals surface area contributed by atoms with E-state index >= 15 is 0 Å². The number of esters is 1. The van der Waals surface area contributed by atoms with Crippen LogP contribution >= 0.6 is 0 Å². The van der Waals surface area contributed by atoms with E-state index in [4.69, 9.17) is 30.1 Å². The summed E-state index contributed by atoms with van der Waals surface area (Å²) >= 11 is 0. The molecule has 8 heterocycles. The standard InChI is InChI=1S/C43H47N7O7/c1-22-11-31(51)38-32(54-22)17-33-37(39(38)52)28-12-24(18-46-4)7-9-43(41(53)55-40(28)42(2,3)56-33)34(57-43)6-5-23-13-29(49-35(44)14-23)26-15-27(48-36(45)16-26)20-50-19-25-8-10-47-30(25)21-50/h8,10-11,13-17,21,24,28,34,40,46,52H,5-7,9,12,18-20H2,1-4H3,(H2,44,49)(H2,45,48)/p+1. The molecule has 5 aliphatic heterocycles. The summed E-state index contributed by atoms with van der Waals surface area (Å²) in [6.45, 7) is 7.62. The van der Waals surface area contributed by atoms with Gasteiger partial charge in [-0.05, 0) is 108 Å². The molecule has 0 bridgehead atoms. The van der Waals surface area contributed by atoms with E-state index in [1.807, 2.05) is 57.5 Å². The number of ether oxygens (including phenoxy) is 3. The number of anilines is 2. The topological polar surface area (TPSA) is 205 Å². The van der Waals surface area contributed by atoms with Crippen LogP contribution < -0.4 is 31.8 Å². The predicted octanol–water partition coefficient (Wildman–Crippen LogP) is 3.64. The third-order valence-electron chi connectivity index (χ3n) is 12.1. The molecule has 3 aromatic heterocycles. The summed E-state index contributed by atoms with van der Waals surface area (Å²) in [5.74, 6) is 0.628. The Bertz CT molecular complexity index is 2470. The number of epoxide rings is 1.